The second-order valence-corrected chi connectivity index (χ2v) is 7.66. The zero-order valence-corrected chi connectivity index (χ0v) is 16.6. The first kappa shape index (κ1) is 19.7. The molecular formula is C21H30N2O4. The molecule has 27 heavy (non-hydrogen) atoms. The van der Waals surface area contributed by atoms with E-state index in [-0.39, 0.29) is 17.8 Å². The second kappa shape index (κ2) is 8.30. The van der Waals surface area contributed by atoms with Gasteiger partial charge in [-0.3, -0.25) is 14.5 Å². The Labute approximate surface area is 161 Å². The number of likely N-dealkylation sites (tertiary alicyclic amines) is 2. The number of fused-ring (bicyclic) bond motifs is 1. The summed E-state index contributed by atoms with van der Waals surface area (Å²) in [5, 5.41) is 0. The van der Waals surface area contributed by atoms with E-state index < -0.39 is 5.41 Å². The summed E-state index contributed by atoms with van der Waals surface area (Å²) in [5.74, 6) is 0.864. The highest BCUT2D eigenvalue weighted by Gasteiger charge is 2.54. The van der Waals surface area contributed by atoms with Gasteiger partial charge in [-0.1, -0.05) is 12.1 Å². The molecule has 1 aromatic carbocycles. The number of hydrogen-bond acceptors (Lipinski definition) is 5. The van der Waals surface area contributed by atoms with E-state index in [4.69, 9.17) is 9.47 Å². The molecule has 148 valence electrons. The topological polar surface area (TPSA) is 59.1 Å². The first-order chi connectivity index (χ1) is 13.0. The third-order valence-corrected chi connectivity index (χ3v) is 5.96. The highest BCUT2D eigenvalue weighted by molar-refractivity contribution is 5.81. The summed E-state index contributed by atoms with van der Waals surface area (Å²) >= 11 is 0. The first-order valence-corrected chi connectivity index (χ1v) is 9.76. The maximum absolute atomic E-state index is 12.9. The van der Waals surface area contributed by atoms with Crippen molar-refractivity contribution in [2.45, 2.75) is 33.2 Å². The number of rotatable bonds is 5. The van der Waals surface area contributed by atoms with Gasteiger partial charge in [-0.05, 0) is 44.0 Å². The monoisotopic (exact) mass is 374 g/mol. The molecule has 0 radical (unpaired) electrons. The Bertz CT molecular complexity index is 675. The number of methoxy groups -OCH3 is 1. The summed E-state index contributed by atoms with van der Waals surface area (Å²) in [5.41, 5.74) is 0.664. The maximum Gasteiger partial charge on any atom is 0.314 e. The highest BCUT2D eigenvalue weighted by Crippen LogP contribution is 2.44. The van der Waals surface area contributed by atoms with Crippen LogP contribution in [-0.2, 0) is 20.9 Å². The van der Waals surface area contributed by atoms with Crippen molar-refractivity contribution in [2.24, 2.45) is 11.3 Å². The van der Waals surface area contributed by atoms with Crippen LogP contribution in [0.3, 0.4) is 0 Å². The van der Waals surface area contributed by atoms with Crippen molar-refractivity contribution in [3.63, 3.8) is 0 Å². The molecular weight excluding hydrogens is 344 g/mol. The van der Waals surface area contributed by atoms with Crippen molar-refractivity contribution < 1.29 is 19.1 Å². The van der Waals surface area contributed by atoms with Crippen molar-refractivity contribution in [3.8, 4) is 5.75 Å². The van der Waals surface area contributed by atoms with Crippen LogP contribution in [0.4, 0.5) is 0 Å². The lowest BCUT2D eigenvalue weighted by molar-refractivity contribution is -0.157. The lowest BCUT2D eigenvalue weighted by atomic mass is 9.75. The molecule has 6 heteroatoms. The van der Waals surface area contributed by atoms with E-state index >= 15 is 0 Å². The fourth-order valence-corrected chi connectivity index (χ4v) is 4.49. The fraction of sp³-hybridized carbons (Fsp3) is 0.619. The molecule has 0 spiro atoms. The maximum atomic E-state index is 12.9. The lowest BCUT2D eigenvalue weighted by Gasteiger charge is -2.31. The average Bonchev–Trinajstić information content (AvgIpc) is 2.94. The predicted octanol–water partition coefficient (Wildman–Crippen LogP) is 2.32. The largest absolute Gasteiger partial charge is 0.497 e. The van der Waals surface area contributed by atoms with Gasteiger partial charge in [-0.2, -0.15) is 0 Å². The summed E-state index contributed by atoms with van der Waals surface area (Å²) in [6.45, 7) is 7.50. The molecule has 2 atom stereocenters. The minimum Gasteiger partial charge on any atom is -0.497 e. The third-order valence-electron chi connectivity index (χ3n) is 5.96. The van der Waals surface area contributed by atoms with E-state index in [0.717, 1.165) is 38.2 Å². The number of hydrogen-bond donors (Lipinski definition) is 0. The van der Waals surface area contributed by atoms with Gasteiger partial charge in [0.25, 0.3) is 0 Å². The Morgan fingerprint density at radius 3 is 2.59 bits per heavy atom. The Morgan fingerprint density at radius 1 is 1.22 bits per heavy atom. The van der Waals surface area contributed by atoms with Crippen molar-refractivity contribution in [3.05, 3.63) is 29.8 Å². The van der Waals surface area contributed by atoms with Crippen LogP contribution in [0.15, 0.2) is 24.3 Å². The van der Waals surface area contributed by atoms with Gasteiger partial charge in [-0.15, -0.1) is 0 Å². The summed E-state index contributed by atoms with van der Waals surface area (Å²) in [6.07, 6.45) is 1.70. The Hall–Kier alpha value is -2.08. The van der Waals surface area contributed by atoms with Gasteiger partial charge in [0.15, 0.2) is 0 Å². The second-order valence-electron chi connectivity index (χ2n) is 7.66. The van der Waals surface area contributed by atoms with Crippen LogP contribution in [-0.4, -0.2) is 61.6 Å². The number of nitrogens with zero attached hydrogens (tertiary/aromatic N) is 2. The highest BCUT2D eigenvalue weighted by atomic mass is 16.5. The number of carbonyl (C=O) groups excluding carboxylic acids is 2. The van der Waals surface area contributed by atoms with E-state index in [2.05, 4.69) is 17.0 Å². The van der Waals surface area contributed by atoms with Crippen LogP contribution in [0, 0.1) is 11.3 Å². The zero-order chi connectivity index (χ0) is 19.4. The van der Waals surface area contributed by atoms with Crippen molar-refractivity contribution in [1.29, 1.82) is 0 Å². The van der Waals surface area contributed by atoms with Crippen LogP contribution in [0.2, 0.25) is 0 Å². The molecule has 0 bridgehead atoms. The quantitative estimate of drug-likeness (QED) is 0.741. The van der Waals surface area contributed by atoms with Crippen LogP contribution < -0.4 is 4.74 Å². The molecule has 0 aliphatic carbocycles. The molecule has 2 saturated heterocycles. The smallest absolute Gasteiger partial charge is 0.314 e. The number of esters is 1. The average molecular weight is 374 g/mol. The van der Waals surface area contributed by atoms with Crippen molar-refractivity contribution >= 4 is 11.9 Å². The molecule has 6 nitrogen and oxygen atoms in total. The van der Waals surface area contributed by atoms with E-state index in [1.165, 1.54) is 5.56 Å². The van der Waals surface area contributed by atoms with Gasteiger partial charge in [0.2, 0.25) is 5.91 Å². The zero-order valence-electron chi connectivity index (χ0n) is 16.6. The molecule has 2 heterocycles. The molecule has 1 amide bonds. The standard InChI is InChI=1S/C21H30N2O4/c1-4-27-20(25)21-10-5-11-22(12-17-6-8-19(26-3)9-7-17)13-18(21)14-23(15-21)16(2)24/h6-9,18H,4-5,10-15H2,1-3H3/t18-,21-/m1/s1. The van der Waals surface area contributed by atoms with E-state index in [9.17, 15) is 9.59 Å². The van der Waals surface area contributed by atoms with Crippen molar-refractivity contribution in [1.82, 2.24) is 9.80 Å². The molecule has 2 aliphatic heterocycles. The number of benzene rings is 1. The molecule has 0 aromatic heterocycles. The Kier molecular flexibility index (Phi) is 6.05. The van der Waals surface area contributed by atoms with Crippen LogP contribution in [0.25, 0.3) is 0 Å². The summed E-state index contributed by atoms with van der Waals surface area (Å²) in [7, 11) is 1.67. The van der Waals surface area contributed by atoms with Gasteiger partial charge in [0, 0.05) is 39.0 Å². The minimum atomic E-state index is -0.559. The van der Waals surface area contributed by atoms with Gasteiger partial charge in [0.1, 0.15) is 5.75 Å². The van der Waals surface area contributed by atoms with E-state index in [1.807, 2.05) is 24.0 Å². The van der Waals surface area contributed by atoms with Gasteiger partial charge in [0.05, 0.1) is 19.1 Å². The van der Waals surface area contributed by atoms with Gasteiger partial charge >= 0.3 is 5.97 Å². The Balaban J connectivity index is 1.77. The van der Waals surface area contributed by atoms with Crippen molar-refractivity contribution in [2.75, 3.05) is 39.9 Å². The molecule has 2 aliphatic rings. The third kappa shape index (κ3) is 4.10. The van der Waals surface area contributed by atoms with E-state index in [0.29, 0.717) is 19.7 Å². The molecule has 2 fully saturated rings. The molecule has 0 unspecified atom stereocenters. The number of carbonyl (C=O) groups is 2. The SMILES string of the molecule is CCOC(=O)[C@@]12CCCN(Cc3ccc(OC)cc3)C[C@@H]1CN(C(C)=O)C2. The molecule has 0 N–H and O–H groups in total. The Morgan fingerprint density at radius 2 is 1.96 bits per heavy atom. The molecule has 1 aromatic rings. The normalized spacial score (nSPS) is 25.6. The van der Waals surface area contributed by atoms with Crippen LogP contribution in [0.5, 0.6) is 5.75 Å². The summed E-state index contributed by atoms with van der Waals surface area (Å²) < 4.78 is 10.7. The van der Waals surface area contributed by atoms with Gasteiger partial charge in [-0.25, -0.2) is 0 Å². The van der Waals surface area contributed by atoms with Crippen LogP contribution in [0.1, 0.15) is 32.3 Å². The van der Waals surface area contributed by atoms with Crippen LogP contribution >= 0.6 is 0 Å². The number of amides is 1. The fourth-order valence-electron chi connectivity index (χ4n) is 4.49. The number of ether oxygens (including phenoxy) is 2. The van der Waals surface area contributed by atoms with Gasteiger partial charge < -0.3 is 14.4 Å². The lowest BCUT2D eigenvalue weighted by Crippen LogP contribution is -2.42. The molecule has 3 rings (SSSR count). The first-order valence-electron chi connectivity index (χ1n) is 9.76. The summed E-state index contributed by atoms with van der Waals surface area (Å²) in [6, 6.07) is 8.12. The summed E-state index contributed by atoms with van der Waals surface area (Å²) in [4.78, 5) is 29.1. The predicted molar refractivity (Wildman–Crippen MR) is 102 cm³/mol. The molecule has 0 saturated carbocycles. The minimum absolute atomic E-state index is 0.0356. The van der Waals surface area contributed by atoms with E-state index in [1.54, 1.807) is 14.0 Å².